The number of hydrogen-bond acceptors (Lipinski definition) is 12. The minimum absolute atomic E-state index is 0.0277. The SMILES string of the molecule is CC(=O)Oc1ccc2c(c1[As]1SCCS1)Oc1c(ccc(OC(C)=O)c1[As]1SCCS1)C21OC(=O)c2cc(C(=O)O)ccc21. The summed E-state index contributed by atoms with van der Waals surface area (Å²) in [5, 5.41) is 9.69. The van der Waals surface area contributed by atoms with E-state index in [1.807, 2.05) is 40.1 Å². The van der Waals surface area contributed by atoms with E-state index in [9.17, 15) is 24.3 Å². The molecule has 3 aromatic rings. The number of carboxylic acids is 1. The molecule has 4 aliphatic heterocycles. The van der Waals surface area contributed by atoms with E-state index in [4.69, 9.17) is 18.9 Å². The Morgan fingerprint density at radius 3 is 1.70 bits per heavy atom. The quantitative estimate of drug-likeness (QED) is 0.226. The summed E-state index contributed by atoms with van der Waals surface area (Å²) in [4.78, 5) is 50.0. The summed E-state index contributed by atoms with van der Waals surface area (Å²) in [6.45, 7) is 2.72. The monoisotopic (exact) mass is 792 g/mol. The van der Waals surface area contributed by atoms with Crippen molar-refractivity contribution in [1.82, 2.24) is 0 Å². The third kappa shape index (κ3) is 4.99. The Morgan fingerprint density at radius 1 is 0.773 bits per heavy atom. The summed E-state index contributed by atoms with van der Waals surface area (Å²) in [6.07, 6.45) is 0. The van der Waals surface area contributed by atoms with Crippen LogP contribution in [-0.4, -0.2) is 76.7 Å². The molecule has 0 radical (unpaired) electrons. The van der Waals surface area contributed by atoms with Gasteiger partial charge in [-0.05, 0) is 0 Å². The van der Waals surface area contributed by atoms with E-state index < -0.39 is 54.2 Å². The average molecular weight is 793 g/mol. The molecule has 2 saturated heterocycles. The van der Waals surface area contributed by atoms with Crippen LogP contribution >= 0.6 is 40.1 Å². The van der Waals surface area contributed by atoms with Gasteiger partial charge in [-0.2, -0.15) is 0 Å². The van der Waals surface area contributed by atoms with E-state index in [0.29, 0.717) is 39.7 Å². The van der Waals surface area contributed by atoms with E-state index in [2.05, 4.69) is 0 Å². The molecule has 4 heterocycles. The maximum atomic E-state index is 13.6. The van der Waals surface area contributed by atoms with Crippen LogP contribution in [0.3, 0.4) is 0 Å². The van der Waals surface area contributed by atoms with Crippen LogP contribution in [-0.2, 0) is 19.9 Å². The predicted molar refractivity (Wildman–Crippen MR) is 175 cm³/mol. The topological polar surface area (TPSA) is 125 Å². The Morgan fingerprint density at radius 2 is 1.25 bits per heavy atom. The zero-order chi connectivity index (χ0) is 30.7. The summed E-state index contributed by atoms with van der Waals surface area (Å²) in [5.74, 6) is 2.90. The van der Waals surface area contributed by atoms with Crippen molar-refractivity contribution in [3.05, 3.63) is 70.3 Å². The van der Waals surface area contributed by atoms with Gasteiger partial charge in [-0.3, -0.25) is 0 Å². The molecule has 0 amide bonds. The van der Waals surface area contributed by atoms with Crippen molar-refractivity contribution < 1.29 is 43.2 Å². The molecule has 9 nitrogen and oxygen atoms in total. The van der Waals surface area contributed by atoms with E-state index in [-0.39, 0.29) is 11.1 Å². The van der Waals surface area contributed by atoms with Gasteiger partial charge in [0.2, 0.25) is 0 Å². The third-order valence-corrected chi connectivity index (χ3v) is 34.3. The summed E-state index contributed by atoms with van der Waals surface area (Å²) in [6, 6.07) is 11.5. The normalized spacial score (nSPS) is 18.3. The van der Waals surface area contributed by atoms with Crippen LogP contribution in [0.25, 0.3) is 0 Å². The van der Waals surface area contributed by atoms with Crippen molar-refractivity contribution >= 4 is 97.4 Å². The molecule has 2 fully saturated rings. The number of aromatic carboxylic acids is 1. The summed E-state index contributed by atoms with van der Waals surface area (Å²) in [5.41, 5.74) is 0.318. The summed E-state index contributed by atoms with van der Waals surface area (Å²) >= 11 is -3.87. The number of esters is 3. The molecule has 1 N–H and O–H groups in total. The van der Waals surface area contributed by atoms with E-state index >= 15 is 0 Å². The molecule has 0 saturated carbocycles. The van der Waals surface area contributed by atoms with Crippen LogP contribution in [0, 0.1) is 0 Å². The van der Waals surface area contributed by atoms with Crippen molar-refractivity contribution in [2.45, 2.75) is 19.4 Å². The molecule has 0 aromatic heterocycles. The van der Waals surface area contributed by atoms with Gasteiger partial charge in [0.25, 0.3) is 0 Å². The van der Waals surface area contributed by atoms with Crippen molar-refractivity contribution in [3.63, 3.8) is 0 Å². The number of rotatable bonds is 5. The molecule has 4 aliphatic rings. The third-order valence-electron chi connectivity index (χ3n) is 7.14. The van der Waals surface area contributed by atoms with E-state index in [1.54, 1.807) is 30.3 Å². The molecule has 0 atom stereocenters. The first kappa shape index (κ1) is 30.5. The van der Waals surface area contributed by atoms with Crippen molar-refractivity contribution in [3.8, 4) is 23.0 Å². The van der Waals surface area contributed by atoms with Gasteiger partial charge in [0.15, 0.2) is 0 Å². The van der Waals surface area contributed by atoms with Crippen LogP contribution in [0.1, 0.15) is 51.3 Å². The van der Waals surface area contributed by atoms with Crippen LogP contribution in [0.4, 0.5) is 0 Å². The fourth-order valence-electron chi connectivity index (χ4n) is 5.55. The van der Waals surface area contributed by atoms with Gasteiger partial charge in [-0.1, -0.05) is 0 Å². The first-order valence-electron chi connectivity index (χ1n) is 13.3. The number of fused-ring (bicyclic) bond motifs is 6. The van der Waals surface area contributed by atoms with E-state index in [1.165, 1.54) is 26.0 Å². The molecule has 1 spiro atoms. The molecule has 0 bridgehead atoms. The Bertz CT molecular complexity index is 1680. The maximum absolute atomic E-state index is 13.6. The number of ether oxygens (including phenoxy) is 4. The van der Waals surface area contributed by atoms with Crippen LogP contribution in [0.2, 0.25) is 0 Å². The second-order valence-corrected chi connectivity index (χ2v) is 33.0. The van der Waals surface area contributed by atoms with Crippen LogP contribution in [0.5, 0.6) is 23.0 Å². The predicted octanol–water partition coefficient (Wildman–Crippen LogP) is 4.15. The molecule has 3 aromatic carbocycles. The number of carbonyl (C=O) groups excluding carboxylic acids is 3. The van der Waals surface area contributed by atoms with Gasteiger partial charge in [0.1, 0.15) is 0 Å². The van der Waals surface area contributed by atoms with Crippen LogP contribution < -0.4 is 22.9 Å². The number of carbonyl (C=O) groups is 4. The average Bonchev–Trinajstić information content (AvgIpc) is 3.75. The summed E-state index contributed by atoms with van der Waals surface area (Å²) in [7, 11) is 7.40. The Labute approximate surface area is 274 Å². The molecule has 0 unspecified atom stereocenters. The minimum atomic E-state index is -1.94. The van der Waals surface area contributed by atoms with Gasteiger partial charge in [-0.25, -0.2) is 0 Å². The van der Waals surface area contributed by atoms with Gasteiger partial charge in [0, 0.05) is 0 Å². The molecule has 0 aliphatic carbocycles. The Hall–Kier alpha value is -2.14. The number of hydrogen-bond donors (Lipinski definition) is 1. The van der Waals surface area contributed by atoms with Gasteiger partial charge >= 0.3 is 276 Å². The Balaban J connectivity index is 1.57. The number of carboxylic acid groups (broad SMARTS) is 1. The van der Waals surface area contributed by atoms with Gasteiger partial charge in [-0.15, -0.1) is 0 Å². The van der Waals surface area contributed by atoms with Gasteiger partial charge in [0.05, 0.1) is 0 Å². The standard InChI is InChI=1S/C29H22As2O9S4/c1-14(32)37-21-7-5-19-25(23(21)30-41-9-10-42-30)39-26-20(6-8-22(38-15(2)33)24(26)31-43-11-12-44-31)29(19)18-4-3-16(27(34)35)13-17(18)28(36)40-29/h3-8,13H,9-12H2,1-2H3,(H,34,35). The fourth-order valence-corrected chi connectivity index (χ4v) is 35.3. The summed E-state index contributed by atoms with van der Waals surface area (Å²) < 4.78 is 26.5. The molecular formula is C29H22As2O9S4. The van der Waals surface area contributed by atoms with Crippen molar-refractivity contribution in [1.29, 1.82) is 0 Å². The fraction of sp³-hybridized carbons (Fsp3) is 0.241. The van der Waals surface area contributed by atoms with Crippen molar-refractivity contribution in [2.24, 2.45) is 0 Å². The zero-order valence-electron chi connectivity index (χ0n) is 23.1. The van der Waals surface area contributed by atoms with Crippen molar-refractivity contribution in [2.75, 3.05) is 23.0 Å². The van der Waals surface area contributed by atoms with E-state index in [0.717, 1.165) is 31.7 Å². The van der Waals surface area contributed by atoms with Crippen LogP contribution in [0.15, 0.2) is 42.5 Å². The Kier molecular flexibility index (Phi) is 8.25. The molecule has 44 heavy (non-hydrogen) atoms. The molecular weight excluding hydrogens is 770 g/mol. The number of benzene rings is 3. The second-order valence-electron chi connectivity index (χ2n) is 9.85. The van der Waals surface area contributed by atoms with Gasteiger partial charge < -0.3 is 0 Å². The first-order valence-corrected chi connectivity index (χ1v) is 28.2. The first-order chi connectivity index (χ1) is 21.2. The molecule has 7 rings (SSSR count). The second kappa shape index (κ2) is 11.9. The molecule has 15 heteroatoms. The molecule has 226 valence electrons. The zero-order valence-corrected chi connectivity index (χ0v) is 30.1.